The van der Waals surface area contributed by atoms with Gasteiger partial charge in [-0.05, 0) is 48.9 Å². The van der Waals surface area contributed by atoms with E-state index in [1.54, 1.807) is 11.3 Å². The lowest BCUT2D eigenvalue weighted by atomic mass is 9.96. The highest BCUT2D eigenvalue weighted by Crippen LogP contribution is 2.25. The van der Waals surface area contributed by atoms with Crippen LogP contribution in [0.1, 0.15) is 34.9 Å². The molecular weight excluding hydrogens is 308 g/mol. The molecule has 1 amide bonds. The predicted molar refractivity (Wildman–Crippen MR) is 90.5 cm³/mol. The quantitative estimate of drug-likeness (QED) is 0.936. The van der Waals surface area contributed by atoms with Gasteiger partial charge in [-0.3, -0.25) is 9.48 Å². The zero-order valence-corrected chi connectivity index (χ0v) is 14.0. The van der Waals surface area contributed by atoms with Crippen molar-refractivity contribution in [1.29, 1.82) is 0 Å². The maximum atomic E-state index is 12.7. The first-order valence-electron chi connectivity index (χ1n) is 8.37. The van der Waals surface area contributed by atoms with Gasteiger partial charge in [-0.25, -0.2) is 0 Å². The van der Waals surface area contributed by atoms with Crippen molar-refractivity contribution in [3.63, 3.8) is 0 Å². The Morgan fingerprint density at radius 1 is 1.43 bits per heavy atom. The van der Waals surface area contributed by atoms with Crippen LogP contribution in [0, 0.1) is 0 Å². The zero-order chi connectivity index (χ0) is 15.6. The van der Waals surface area contributed by atoms with Crippen molar-refractivity contribution in [2.45, 2.75) is 38.3 Å². The van der Waals surface area contributed by atoms with Crippen molar-refractivity contribution in [3.8, 4) is 0 Å². The molecule has 1 atom stereocenters. The van der Waals surface area contributed by atoms with Gasteiger partial charge in [0.2, 0.25) is 5.91 Å². The van der Waals surface area contributed by atoms with Gasteiger partial charge in [-0.15, -0.1) is 11.3 Å². The maximum absolute atomic E-state index is 12.7. The Labute approximate surface area is 140 Å². The largest absolute Gasteiger partial charge is 0.336 e. The fourth-order valence-electron chi connectivity index (χ4n) is 3.62. The van der Waals surface area contributed by atoms with Gasteiger partial charge in [0.05, 0.1) is 0 Å². The van der Waals surface area contributed by atoms with Crippen LogP contribution >= 0.6 is 11.3 Å². The molecule has 2 aromatic heterocycles. The molecular formula is C17H22N4OS. The summed E-state index contributed by atoms with van der Waals surface area (Å²) in [5.41, 5.74) is 2.51. The second-order valence-corrected chi connectivity index (χ2v) is 7.39. The molecule has 0 radical (unpaired) electrons. The minimum absolute atomic E-state index is 0.176. The van der Waals surface area contributed by atoms with Crippen LogP contribution in [-0.2, 0) is 24.3 Å². The Morgan fingerprint density at radius 3 is 3.26 bits per heavy atom. The summed E-state index contributed by atoms with van der Waals surface area (Å²) in [5, 5.41) is 9.97. The molecule has 5 nitrogen and oxygen atoms in total. The highest BCUT2D eigenvalue weighted by molar-refractivity contribution is 7.10. The van der Waals surface area contributed by atoms with E-state index >= 15 is 0 Å². The maximum Gasteiger partial charge on any atom is 0.244 e. The number of fused-ring (bicyclic) bond motifs is 1. The van der Waals surface area contributed by atoms with Crippen molar-refractivity contribution in [3.05, 3.63) is 39.8 Å². The molecule has 0 spiro atoms. The van der Waals surface area contributed by atoms with E-state index in [4.69, 9.17) is 0 Å². The number of carbonyl (C=O) groups excluding carboxylic acids is 1. The van der Waals surface area contributed by atoms with E-state index in [1.165, 1.54) is 29.0 Å². The van der Waals surface area contributed by atoms with Gasteiger partial charge >= 0.3 is 0 Å². The number of hydrogen-bond donors (Lipinski definition) is 1. The Kier molecular flexibility index (Phi) is 4.18. The van der Waals surface area contributed by atoms with Gasteiger partial charge in [0.15, 0.2) is 0 Å². The first-order valence-corrected chi connectivity index (χ1v) is 9.24. The monoisotopic (exact) mass is 330 g/mol. The first-order chi connectivity index (χ1) is 11.3. The molecule has 4 rings (SSSR count). The highest BCUT2D eigenvalue weighted by Gasteiger charge is 2.24. The molecule has 23 heavy (non-hydrogen) atoms. The molecule has 1 fully saturated rings. The summed E-state index contributed by atoms with van der Waals surface area (Å²) >= 11 is 1.80. The molecule has 122 valence electrons. The minimum atomic E-state index is 0.176. The predicted octanol–water partition coefficient (Wildman–Crippen LogP) is 2.00. The van der Waals surface area contributed by atoms with Crippen LogP contribution in [0.2, 0.25) is 0 Å². The van der Waals surface area contributed by atoms with Crippen LogP contribution in [0.5, 0.6) is 0 Å². The SMILES string of the molecule is O=C(Cn1nccc1C1CCCNC1)N1CCc2sccc2C1. The molecule has 0 bridgehead atoms. The summed E-state index contributed by atoms with van der Waals surface area (Å²) in [6.07, 6.45) is 5.17. The second-order valence-electron chi connectivity index (χ2n) is 6.39. The topological polar surface area (TPSA) is 50.2 Å². The lowest BCUT2D eigenvalue weighted by Gasteiger charge is -2.28. The van der Waals surface area contributed by atoms with Crippen molar-refractivity contribution >= 4 is 17.2 Å². The van der Waals surface area contributed by atoms with E-state index in [0.717, 1.165) is 32.6 Å². The number of rotatable bonds is 3. The van der Waals surface area contributed by atoms with Gasteiger partial charge in [0.1, 0.15) is 6.54 Å². The smallest absolute Gasteiger partial charge is 0.244 e. The molecule has 2 aliphatic rings. The van der Waals surface area contributed by atoms with Crippen molar-refractivity contribution in [2.75, 3.05) is 19.6 Å². The molecule has 1 saturated heterocycles. The fraction of sp³-hybridized carbons (Fsp3) is 0.529. The third-order valence-corrected chi connectivity index (χ3v) is 5.93. The summed E-state index contributed by atoms with van der Waals surface area (Å²) in [5.74, 6) is 0.652. The fourth-order valence-corrected chi connectivity index (χ4v) is 4.51. The zero-order valence-electron chi connectivity index (χ0n) is 13.2. The van der Waals surface area contributed by atoms with E-state index < -0.39 is 0 Å². The Morgan fingerprint density at radius 2 is 2.39 bits per heavy atom. The number of nitrogens with one attached hydrogen (secondary N) is 1. The Balaban J connectivity index is 1.44. The lowest BCUT2D eigenvalue weighted by molar-refractivity contribution is -0.133. The number of aromatic nitrogens is 2. The number of nitrogens with zero attached hydrogens (tertiary/aromatic N) is 3. The molecule has 0 aromatic carbocycles. The summed E-state index contributed by atoms with van der Waals surface area (Å²) in [4.78, 5) is 16.1. The average Bonchev–Trinajstić information content (AvgIpc) is 3.23. The number of carbonyl (C=O) groups is 1. The van der Waals surface area contributed by atoms with Crippen LogP contribution in [-0.4, -0.2) is 40.2 Å². The van der Waals surface area contributed by atoms with Crippen molar-refractivity contribution < 1.29 is 4.79 Å². The number of thiophene rings is 1. The van der Waals surface area contributed by atoms with Gasteiger partial charge in [-0.2, -0.15) is 5.10 Å². The number of amides is 1. The Bertz CT molecular complexity index is 686. The molecule has 1 N–H and O–H groups in total. The number of piperidine rings is 1. The molecule has 1 unspecified atom stereocenters. The lowest BCUT2D eigenvalue weighted by Crippen LogP contribution is -2.38. The van der Waals surface area contributed by atoms with Gasteiger partial charge in [-0.1, -0.05) is 0 Å². The van der Waals surface area contributed by atoms with Gasteiger partial charge < -0.3 is 10.2 Å². The summed E-state index contributed by atoms with van der Waals surface area (Å²) < 4.78 is 1.91. The second kappa shape index (κ2) is 6.45. The number of hydrogen-bond acceptors (Lipinski definition) is 4. The molecule has 4 heterocycles. The van der Waals surface area contributed by atoms with Crippen molar-refractivity contribution in [1.82, 2.24) is 20.0 Å². The summed E-state index contributed by atoms with van der Waals surface area (Å²) in [6, 6.07) is 4.21. The van der Waals surface area contributed by atoms with Crippen LogP contribution in [0.15, 0.2) is 23.7 Å². The van der Waals surface area contributed by atoms with Gasteiger partial charge in [0.25, 0.3) is 0 Å². The first kappa shape index (κ1) is 14.9. The van der Waals surface area contributed by atoms with Crippen LogP contribution < -0.4 is 5.32 Å². The average molecular weight is 330 g/mol. The van der Waals surface area contributed by atoms with E-state index in [9.17, 15) is 4.79 Å². The van der Waals surface area contributed by atoms with E-state index in [1.807, 2.05) is 15.8 Å². The molecule has 0 saturated carbocycles. The van der Waals surface area contributed by atoms with E-state index in [2.05, 4.69) is 27.9 Å². The van der Waals surface area contributed by atoms with Crippen LogP contribution in [0.4, 0.5) is 0 Å². The molecule has 2 aromatic rings. The molecule has 0 aliphatic carbocycles. The summed E-state index contributed by atoms with van der Waals surface area (Å²) in [7, 11) is 0. The highest BCUT2D eigenvalue weighted by atomic mass is 32.1. The van der Waals surface area contributed by atoms with Gasteiger partial charge in [0, 0.05) is 42.3 Å². The third-order valence-electron chi connectivity index (χ3n) is 4.91. The van der Waals surface area contributed by atoms with Crippen LogP contribution in [0.3, 0.4) is 0 Å². The minimum Gasteiger partial charge on any atom is -0.336 e. The third kappa shape index (κ3) is 3.05. The molecule has 2 aliphatic heterocycles. The standard InChI is InChI=1S/C17H22N4OS/c22-17(20-8-4-16-14(11-20)5-9-23-16)12-21-15(3-7-19-21)13-2-1-6-18-10-13/h3,5,7,9,13,18H,1-2,4,6,8,10-12H2. The normalized spacial score (nSPS) is 21.2. The van der Waals surface area contributed by atoms with Crippen molar-refractivity contribution in [2.24, 2.45) is 0 Å². The van der Waals surface area contributed by atoms with Crippen LogP contribution in [0.25, 0.3) is 0 Å². The summed E-state index contributed by atoms with van der Waals surface area (Å²) in [6.45, 7) is 4.02. The Hall–Kier alpha value is -1.66. The molecule has 6 heteroatoms. The van der Waals surface area contributed by atoms with E-state index in [-0.39, 0.29) is 5.91 Å². The van der Waals surface area contributed by atoms with E-state index in [0.29, 0.717) is 12.5 Å².